The summed E-state index contributed by atoms with van der Waals surface area (Å²) in [6.45, 7) is 1.62. The largest absolute Gasteiger partial charge is 0.507 e. The molecule has 1 aromatic rings. The van der Waals surface area contributed by atoms with Gasteiger partial charge in [-0.1, -0.05) is 18.5 Å². The highest BCUT2D eigenvalue weighted by Gasteiger charge is 2.59. The SMILES string of the molecule is COc1cc(O)c2c(c1Cl)O[C@]1(C2=O)C(O)=CC(=O)C[C@H]1C. The van der Waals surface area contributed by atoms with Crippen LogP contribution >= 0.6 is 11.6 Å². The van der Waals surface area contributed by atoms with E-state index in [0.717, 1.165) is 6.08 Å². The van der Waals surface area contributed by atoms with Crippen LogP contribution < -0.4 is 9.47 Å². The number of phenols is 1. The molecular formula is C15H13ClO6. The number of carbonyl (C=O) groups excluding carboxylic acids is 2. The van der Waals surface area contributed by atoms with Gasteiger partial charge in [0.25, 0.3) is 0 Å². The number of Topliss-reactive ketones (excluding diaryl/α,β-unsaturated/α-hetero) is 1. The molecule has 0 radical (unpaired) electrons. The summed E-state index contributed by atoms with van der Waals surface area (Å²) in [6.07, 6.45) is 1.02. The van der Waals surface area contributed by atoms with Crippen molar-refractivity contribution < 1.29 is 29.3 Å². The van der Waals surface area contributed by atoms with E-state index in [4.69, 9.17) is 21.1 Å². The van der Waals surface area contributed by atoms with Gasteiger partial charge in [0, 0.05) is 24.5 Å². The predicted molar refractivity (Wildman–Crippen MR) is 76.9 cm³/mol. The van der Waals surface area contributed by atoms with E-state index < -0.39 is 23.1 Å². The summed E-state index contributed by atoms with van der Waals surface area (Å²) in [4.78, 5) is 24.3. The molecule has 0 saturated heterocycles. The molecule has 6 nitrogen and oxygen atoms in total. The first-order valence-corrected chi connectivity index (χ1v) is 6.98. The molecule has 0 saturated carbocycles. The number of benzene rings is 1. The molecule has 2 atom stereocenters. The molecule has 1 aliphatic carbocycles. The number of aliphatic hydroxyl groups is 1. The third-order valence-electron chi connectivity index (χ3n) is 4.09. The average molecular weight is 325 g/mol. The van der Waals surface area contributed by atoms with Gasteiger partial charge in [0.05, 0.1) is 7.11 Å². The minimum absolute atomic E-state index is 0.0254. The van der Waals surface area contributed by atoms with Gasteiger partial charge in [-0.05, 0) is 0 Å². The van der Waals surface area contributed by atoms with Gasteiger partial charge in [0.1, 0.15) is 27.8 Å². The van der Waals surface area contributed by atoms with Crippen molar-refractivity contribution in [2.24, 2.45) is 5.92 Å². The maximum absolute atomic E-state index is 12.8. The summed E-state index contributed by atoms with van der Waals surface area (Å²) in [6, 6.07) is 1.21. The molecule has 0 aromatic heterocycles. The minimum atomic E-state index is -1.73. The lowest BCUT2D eigenvalue weighted by Gasteiger charge is -2.34. The molecule has 2 N–H and O–H groups in total. The molecule has 1 aromatic carbocycles. The fraction of sp³-hybridized carbons (Fsp3) is 0.333. The van der Waals surface area contributed by atoms with Crippen LogP contribution in [0.1, 0.15) is 23.7 Å². The number of rotatable bonds is 1. The number of aromatic hydroxyl groups is 1. The van der Waals surface area contributed by atoms with Crippen LogP contribution in [0, 0.1) is 5.92 Å². The zero-order valence-electron chi connectivity index (χ0n) is 11.8. The molecule has 0 amide bonds. The highest BCUT2D eigenvalue weighted by Crippen LogP contribution is 2.53. The van der Waals surface area contributed by atoms with Crippen LogP contribution in [0.2, 0.25) is 5.02 Å². The number of ketones is 2. The van der Waals surface area contributed by atoms with Crippen LogP contribution in [0.25, 0.3) is 0 Å². The van der Waals surface area contributed by atoms with Crippen LogP contribution in [0.4, 0.5) is 0 Å². The first-order chi connectivity index (χ1) is 10.3. The fourth-order valence-electron chi connectivity index (χ4n) is 2.96. The zero-order valence-corrected chi connectivity index (χ0v) is 12.6. The van der Waals surface area contributed by atoms with Gasteiger partial charge in [-0.3, -0.25) is 9.59 Å². The molecule has 22 heavy (non-hydrogen) atoms. The van der Waals surface area contributed by atoms with Gasteiger partial charge >= 0.3 is 0 Å². The van der Waals surface area contributed by atoms with Gasteiger partial charge in [-0.15, -0.1) is 0 Å². The Morgan fingerprint density at radius 2 is 2.09 bits per heavy atom. The summed E-state index contributed by atoms with van der Waals surface area (Å²) < 4.78 is 10.7. The van der Waals surface area contributed by atoms with E-state index in [0.29, 0.717) is 0 Å². The lowest BCUT2D eigenvalue weighted by atomic mass is 9.75. The van der Waals surface area contributed by atoms with E-state index in [1.807, 2.05) is 0 Å². The van der Waals surface area contributed by atoms with Crippen LogP contribution in [-0.2, 0) is 4.79 Å². The summed E-state index contributed by atoms with van der Waals surface area (Å²) in [5.74, 6) is -2.27. The van der Waals surface area contributed by atoms with Gasteiger partial charge in [0.2, 0.25) is 11.4 Å². The monoisotopic (exact) mass is 324 g/mol. The maximum atomic E-state index is 12.8. The Morgan fingerprint density at radius 1 is 1.41 bits per heavy atom. The average Bonchev–Trinajstić information content (AvgIpc) is 2.76. The Bertz CT molecular complexity index is 738. The third-order valence-corrected chi connectivity index (χ3v) is 4.45. The first kappa shape index (κ1) is 14.7. The smallest absolute Gasteiger partial charge is 0.230 e. The van der Waals surface area contributed by atoms with Crippen molar-refractivity contribution in [3.63, 3.8) is 0 Å². The van der Waals surface area contributed by atoms with Gasteiger partial charge < -0.3 is 19.7 Å². The normalized spacial score (nSPS) is 26.7. The molecule has 2 aliphatic rings. The van der Waals surface area contributed by atoms with E-state index in [-0.39, 0.29) is 40.0 Å². The van der Waals surface area contributed by atoms with Crippen molar-refractivity contribution in [1.29, 1.82) is 0 Å². The van der Waals surface area contributed by atoms with E-state index in [9.17, 15) is 19.8 Å². The van der Waals surface area contributed by atoms with Crippen molar-refractivity contribution in [1.82, 2.24) is 0 Å². The number of ether oxygens (including phenoxy) is 2. The van der Waals surface area contributed by atoms with Crippen LogP contribution in [0.3, 0.4) is 0 Å². The number of aliphatic hydroxyl groups excluding tert-OH is 1. The van der Waals surface area contributed by atoms with Crippen LogP contribution in [-0.4, -0.2) is 34.5 Å². The summed E-state index contributed by atoms with van der Waals surface area (Å²) in [5.41, 5.74) is -1.85. The molecule has 0 unspecified atom stereocenters. The molecule has 116 valence electrons. The van der Waals surface area contributed by atoms with Crippen LogP contribution in [0.5, 0.6) is 17.2 Å². The maximum Gasteiger partial charge on any atom is 0.230 e. The van der Waals surface area contributed by atoms with E-state index in [1.54, 1.807) is 6.92 Å². The molecule has 0 bridgehead atoms. The lowest BCUT2D eigenvalue weighted by molar-refractivity contribution is -0.118. The van der Waals surface area contributed by atoms with Crippen molar-refractivity contribution in [3.05, 3.63) is 28.5 Å². The Morgan fingerprint density at radius 3 is 2.68 bits per heavy atom. The number of fused-ring (bicyclic) bond motifs is 1. The first-order valence-electron chi connectivity index (χ1n) is 6.60. The standard InChI is InChI=1S/C15H13ClO6/c1-6-3-7(17)4-10(19)15(6)14(20)11-8(18)5-9(21-2)12(16)13(11)22-15/h4-6,18-19H,3H2,1-2H3/t6-,15+/m1/s1. The highest BCUT2D eigenvalue weighted by atomic mass is 35.5. The quantitative estimate of drug-likeness (QED) is 0.824. The molecule has 1 aliphatic heterocycles. The topological polar surface area (TPSA) is 93.1 Å². The number of methoxy groups -OCH3 is 1. The fourth-order valence-corrected chi connectivity index (χ4v) is 3.23. The van der Waals surface area contributed by atoms with Crippen molar-refractivity contribution in [2.45, 2.75) is 18.9 Å². The second kappa shape index (κ2) is 4.64. The van der Waals surface area contributed by atoms with E-state index in [1.165, 1.54) is 13.2 Å². The summed E-state index contributed by atoms with van der Waals surface area (Å²) >= 11 is 6.14. The molecule has 0 fully saturated rings. The van der Waals surface area contributed by atoms with Gasteiger partial charge in [-0.25, -0.2) is 0 Å². The van der Waals surface area contributed by atoms with Gasteiger partial charge in [0.15, 0.2) is 11.5 Å². The Labute approximate surface area is 130 Å². The van der Waals surface area contributed by atoms with Crippen molar-refractivity contribution in [2.75, 3.05) is 7.11 Å². The number of hydrogen-bond acceptors (Lipinski definition) is 6. The second-order valence-corrected chi connectivity index (χ2v) is 5.76. The number of phenolic OH excluding ortho intramolecular Hbond substituents is 1. The zero-order chi connectivity index (χ0) is 16.2. The molecule has 1 spiro atoms. The van der Waals surface area contributed by atoms with Crippen molar-refractivity contribution >= 4 is 23.2 Å². The molecule has 1 heterocycles. The molecule has 3 rings (SSSR count). The second-order valence-electron chi connectivity index (χ2n) is 5.38. The third kappa shape index (κ3) is 1.67. The molecule has 7 heteroatoms. The molecular weight excluding hydrogens is 312 g/mol. The minimum Gasteiger partial charge on any atom is -0.507 e. The van der Waals surface area contributed by atoms with Crippen LogP contribution in [0.15, 0.2) is 17.9 Å². The van der Waals surface area contributed by atoms with Crippen molar-refractivity contribution in [3.8, 4) is 17.2 Å². The Hall–Kier alpha value is -2.21. The Kier molecular flexibility index (Phi) is 3.11. The predicted octanol–water partition coefficient (Wildman–Crippen LogP) is 2.42. The number of hydrogen-bond donors (Lipinski definition) is 2. The van der Waals surface area contributed by atoms with E-state index >= 15 is 0 Å². The number of carbonyl (C=O) groups is 2. The number of allylic oxidation sites excluding steroid dienone is 1. The lowest BCUT2D eigenvalue weighted by Crippen LogP contribution is -2.51. The van der Waals surface area contributed by atoms with Gasteiger partial charge in [-0.2, -0.15) is 0 Å². The summed E-state index contributed by atoms with van der Waals surface area (Å²) in [7, 11) is 1.36. The number of halogens is 1. The highest BCUT2D eigenvalue weighted by molar-refractivity contribution is 6.35. The Balaban J connectivity index is 2.24. The summed E-state index contributed by atoms with van der Waals surface area (Å²) in [5, 5.41) is 20.3. The van der Waals surface area contributed by atoms with E-state index in [2.05, 4.69) is 0 Å².